The topological polar surface area (TPSA) is 79.6 Å². The lowest BCUT2D eigenvalue weighted by Crippen LogP contribution is -2.60. The number of amides is 1. The Morgan fingerprint density at radius 2 is 1.74 bits per heavy atom. The summed E-state index contributed by atoms with van der Waals surface area (Å²) in [4.78, 5) is 29.7. The Kier molecular flexibility index (Phi) is 5.84. The summed E-state index contributed by atoms with van der Waals surface area (Å²) in [6.45, 7) is 4.81. The van der Waals surface area contributed by atoms with E-state index in [-0.39, 0.29) is 30.3 Å². The fourth-order valence-corrected chi connectivity index (χ4v) is 7.83. The number of fused-ring (bicyclic) bond motifs is 1. The maximum absolute atomic E-state index is 14.0. The summed E-state index contributed by atoms with van der Waals surface area (Å²) in [5.74, 6) is -0.174. The van der Waals surface area contributed by atoms with Crippen LogP contribution in [-0.2, 0) is 19.7 Å². The van der Waals surface area contributed by atoms with E-state index in [1.165, 1.54) is 12.7 Å². The van der Waals surface area contributed by atoms with Gasteiger partial charge in [0.2, 0.25) is 0 Å². The number of hydrogen-bond acceptors (Lipinski definition) is 5. The van der Waals surface area contributed by atoms with Gasteiger partial charge < -0.3 is 14.4 Å². The molecule has 4 unspecified atom stereocenters. The Balaban J connectivity index is 1.51. The van der Waals surface area contributed by atoms with Crippen LogP contribution in [0.5, 0.6) is 5.75 Å². The van der Waals surface area contributed by atoms with Crippen LogP contribution in [0.1, 0.15) is 46.6 Å². The summed E-state index contributed by atoms with van der Waals surface area (Å²) < 4.78 is 11.0. The molecule has 0 spiro atoms. The van der Waals surface area contributed by atoms with Crippen LogP contribution in [0.2, 0.25) is 0 Å². The van der Waals surface area contributed by atoms with Crippen molar-refractivity contribution in [3.8, 4) is 11.8 Å². The van der Waals surface area contributed by atoms with Crippen molar-refractivity contribution in [3.05, 3.63) is 107 Å². The predicted molar refractivity (Wildman–Crippen MR) is 147 cm³/mol. The summed E-state index contributed by atoms with van der Waals surface area (Å²) >= 11 is 0. The number of methoxy groups -OCH3 is 2. The number of nitriles is 1. The van der Waals surface area contributed by atoms with E-state index in [9.17, 15) is 14.9 Å². The second kappa shape index (κ2) is 9.13. The number of ether oxygens (including phenoxy) is 2. The van der Waals surface area contributed by atoms with Crippen molar-refractivity contribution in [1.82, 2.24) is 4.90 Å². The van der Waals surface area contributed by atoms with Gasteiger partial charge in [0.15, 0.2) is 0 Å². The van der Waals surface area contributed by atoms with Crippen molar-refractivity contribution < 1.29 is 19.1 Å². The molecule has 6 heteroatoms. The molecule has 1 amide bonds. The zero-order chi connectivity index (χ0) is 27.4. The minimum Gasteiger partial charge on any atom is -0.496 e. The normalized spacial score (nSPS) is 26.2. The number of para-hydroxylation sites is 1. The second-order valence-corrected chi connectivity index (χ2v) is 10.8. The minimum absolute atomic E-state index is 0.0660. The number of likely N-dealkylation sites (tertiary alicyclic amines) is 1. The lowest BCUT2D eigenvalue weighted by molar-refractivity contribution is -0.161. The molecule has 1 heterocycles. The number of nitrogens with zero attached hydrogens (tertiary/aromatic N) is 2. The third-order valence-corrected chi connectivity index (χ3v) is 9.41. The van der Waals surface area contributed by atoms with Gasteiger partial charge in [0.25, 0.3) is 5.91 Å². The zero-order valence-electron chi connectivity index (χ0n) is 22.1. The second-order valence-electron chi connectivity index (χ2n) is 10.8. The van der Waals surface area contributed by atoms with Crippen LogP contribution >= 0.6 is 0 Å². The highest BCUT2D eigenvalue weighted by atomic mass is 16.5. The fraction of sp³-hybridized carbons (Fsp3) is 0.303. The third kappa shape index (κ3) is 3.32. The molecule has 4 aliphatic rings. The van der Waals surface area contributed by atoms with Crippen LogP contribution < -0.4 is 4.74 Å². The molecule has 2 fully saturated rings. The Bertz CT molecular complexity index is 1540. The van der Waals surface area contributed by atoms with E-state index in [1.54, 1.807) is 12.0 Å². The Hall–Kier alpha value is -4.37. The highest BCUT2D eigenvalue weighted by Crippen LogP contribution is 2.69. The number of carbonyl (C=O) groups excluding carboxylic acids is 2. The van der Waals surface area contributed by atoms with Gasteiger partial charge >= 0.3 is 5.97 Å². The van der Waals surface area contributed by atoms with Gasteiger partial charge in [-0.2, -0.15) is 5.26 Å². The molecule has 1 saturated carbocycles. The van der Waals surface area contributed by atoms with Crippen molar-refractivity contribution in [2.45, 2.75) is 24.2 Å². The number of benzene rings is 3. The van der Waals surface area contributed by atoms with Gasteiger partial charge in [-0.25, -0.2) is 0 Å². The Labute approximate surface area is 228 Å². The molecule has 6 nitrogen and oxygen atoms in total. The monoisotopic (exact) mass is 518 g/mol. The summed E-state index contributed by atoms with van der Waals surface area (Å²) in [6, 6.07) is 25.6. The molecule has 3 aromatic carbocycles. The number of rotatable bonds is 5. The minimum atomic E-state index is -0.897. The third-order valence-electron chi connectivity index (χ3n) is 9.41. The van der Waals surface area contributed by atoms with Crippen molar-refractivity contribution in [2.24, 2.45) is 11.3 Å². The molecule has 4 atom stereocenters. The molecular formula is C33H30N2O4. The lowest BCUT2D eigenvalue weighted by Gasteiger charge is -2.59. The standard InChI is InChI=1S/C33H30N2O4/c1-21(24-8-5-7-11-28(24)38-2)30(36)35-19-29-32(23-14-12-22(18-34)13-15-23)17-16-27(25-9-4-6-10-26(25)32)33(29,20-35)31(37)39-3/h4-15,27,29H,1,16-17,19-20H2,2-3H3. The molecule has 1 saturated heterocycles. The van der Waals surface area contributed by atoms with E-state index in [0.29, 0.717) is 29.0 Å². The SMILES string of the molecule is C=C(C(=O)N1CC2C3(c4ccc(C#N)cc4)CCC(c4ccccc43)C2(C(=O)OC)C1)c1ccccc1OC. The van der Waals surface area contributed by atoms with Gasteiger partial charge in [-0.3, -0.25) is 9.59 Å². The van der Waals surface area contributed by atoms with Crippen LogP contribution in [0.15, 0.2) is 79.4 Å². The Morgan fingerprint density at radius 1 is 1.03 bits per heavy atom. The van der Waals surface area contributed by atoms with Crippen molar-refractivity contribution in [2.75, 3.05) is 27.3 Å². The van der Waals surface area contributed by atoms with E-state index >= 15 is 0 Å². The van der Waals surface area contributed by atoms with Crippen LogP contribution in [0.3, 0.4) is 0 Å². The van der Waals surface area contributed by atoms with Gasteiger partial charge in [0.1, 0.15) is 5.75 Å². The molecule has 3 aromatic rings. The first-order valence-electron chi connectivity index (χ1n) is 13.2. The quantitative estimate of drug-likeness (QED) is 0.348. The maximum Gasteiger partial charge on any atom is 0.314 e. The van der Waals surface area contributed by atoms with Gasteiger partial charge in [-0.15, -0.1) is 0 Å². The molecular weight excluding hydrogens is 488 g/mol. The van der Waals surface area contributed by atoms with E-state index in [0.717, 1.165) is 24.0 Å². The smallest absolute Gasteiger partial charge is 0.314 e. The first-order chi connectivity index (χ1) is 18.9. The average Bonchev–Trinajstić information content (AvgIpc) is 3.44. The van der Waals surface area contributed by atoms with Crippen molar-refractivity contribution in [1.29, 1.82) is 5.26 Å². The van der Waals surface area contributed by atoms with E-state index in [1.807, 2.05) is 60.7 Å². The lowest BCUT2D eigenvalue weighted by atomic mass is 9.42. The van der Waals surface area contributed by atoms with Gasteiger partial charge in [-0.05, 0) is 47.7 Å². The Morgan fingerprint density at radius 3 is 2.46 bits per heavy atom. The summed E-state index contributed by atoms with van der Waals surface area (Å²) in [5.41, 5.74) is 3.57. The van der Waals surface area contributed by atoms with Crippen LogP contribution in [0, 0.1) is 22.7 Å². The first-order valence-corrected chi connectivity index (χ1v) is 13.2. The molecule has 0 N–H and O–H groups in total. The largest absolute Gasteiger partial charge is 0.496 e. The summed E-state index contributed by atoms with van der Waals surface area (Å²) in [5, 5.41) is 9.43. The zero-order valence-corrected chi connectivity index (χ0v) is 22.1. The van der Waals surface area contributed by atoms with E-state index in [2.05, 4.69) is 24.8 Å². The first kappa shape index (κ1) is 24.9. The van der Waals surface area contributed by atoms with Crippen molar-refractivity contribution >= 4 is 17.4 Å². The molecule has 0 radical (unpaired) electrons. The van der Waals surface area contributed by atoms with Gasteiger partial charge in [-0.1, -0.05) is 61.2 Å². The molecule has 2 bridgehead atoms. The predicted octanol–water partition coefficient (Wildman–Crippen LogP) is 5.08. The molecule has 3 aliphatic carbocycles. The number of esters is 1. The molecule has 0 aromatic heterocycles. The summed E-state index contributed by atoms with van der Waals surface area (Å²) in [7, 11) is 3.01. The van der Waals surface area contributed by atoms with E-state index < -0.39 is 10.8 Å². The molecule has 1 aliphatic heterocycles. The van der Waals surface area contributed by atoms with Gasteiger partial charge in [0.05, 0.1) is 31.3 Å². The average molecular weight is 519 g/mol. The number of carbonyl (C=O) groups is 2. The van der Waals surface area contributed by atoms with E-state index in [4.69, 9.17) is 9.47 Å². The molecule has 196 valence electrons. The van der Waals surface area contributed by atoms with Crippen LogP contribution in [-0.4, -0.2) is 44.1 Å². The van der Waals surface area contributed by atoms with Gasteiger partial charge in [0, 0.05) is 41.5 Å². The fourth-order valence-electron chi connectivity index (χ4n) is 7.83. The van der Waals surface area contributed by atoms with Crippen LogP contribution in [0.25, 0.3) is 5.57 Å². The highest BCUT2D eigenvalue weighted by molar-refractivity contribution is 6.19. The molecule has 7 rings (SSSR count). The highest BCUT2D eigenvalue weighted by Gasteiger charge is 2.71. The van der Waals surface area contributed by atoms with Crippen molar-refractivity contribution in [3.63, 3.8) is 0 Å². The maximum atomic E-state index is 14.0. The molecule has 39 heavy (non-hydrogen) atoms. The number of hydrogen-bond donors (Lipinski definition) is 0. The summed E-state index contributed by atoms with van der Waals surface area (Å²) in [6.07, 6.45) is 1.65. The van der Waals surface area contributed by atoms with Crippen LogP contribution in [0.4, 0.5) is 0 Å².